The van der Waals surface area contributed by atoms with E-state index in [9.17, 15) is 13.6 Å². The van der Waals surface area contributed by atoms with Crippen LogP contribution in [0.5, 0.6) is 11.5 Å². The maximum atomic E-state index is 12.1. The number of para-hydroxylation sites is 1. The minimum Gasteiger partial charge on any atom is -0.496 e. The molecule has 134 valence electrons. The summed E-state index contributed by atoms with van der Waals surface area (Å²) in [6.45, 7) is -0.850. The molecule has 0 fully saturated rings. The molecule has 0 saturated carbocycles. The Labute approximate surface area is 144 Å². The van der Waals surface area contributed by atoms with Crippen LogP contribution in [0.4, 0.5) is 14.5 Å². The summed E-state index contributed by atoms with van der Waals surface area (Å²) in [5, 5.41) is 5.80. The van der Waals surface area contributed by atoms with Crippen molar-refractivity contribution in [1.29, 1.82) is 0 Å². The van der Waals surface area contributed by atoms with Crippen LogP contribution in [0.15, 0.2) is 48.5 Å². The number of hydrogen-bond donors (Lipinski definition) is 2. The van der Waals surface area contributed by atoms with Gasteiger partial charge in [0, 0.05) is 17.3 Å². The summed E-state index contributed by atoms with van der Waals surface area (Å²) < 4.78 is 33.7. The molecule has 0 aromatic heterocycles. The largest absolute Gasteiger partial charge is 0.496 e. The van der Waals surface area contributed by atoms with Crippen LogP contribution >= 0.6 is 0 Å². The number of nitrogens with one attached hydrogen (secondary N) is 2. The normalized spacial score (nSPS) is 11.9. The van der Waals surface area contributed by atoms with E-state index in [2.05, 4.69) is 15.4 Å². The van der Waals surface area contributed by atoms with Crippen LogP contribution in [0.1, 0.15) is 18.5 Å². The molecule has 0 aliphatic carbocycles. The predicted molar refractivity (Wildman–Crippen MR) is 91.1 cm³/mol. The maximum Gasteiger partial charge on any atom is 0.387 e. The molecule has 0 heterocycles. The third-order valence-electron chi connectivity index (χ3n) is 3.54. The quantitative estimate of drug-likeness (QED) is 0.764. The van der Waals surface area contributed by atoms with Gasteiger partial charge in [0.1, 0.15) is 11.5 Å². The summed E-state index contributed by atoms with van der Waals surface area (Å²) in [5.74, 6) is 0.540. The number of hydrogen-bond acceptors (Lipinski definition) is 4. The predicted octanol–water partition coefficient (Wildman–Crippen LogP) is 3.59. The van der Waals surface area contributed by atoms with Gasteiger partial charge in [0.25, 0.3) is 0 Å². The average molecular weight is 350 g/mol. The van der Waals surface area contributed by atoms with Gasteiger partial charge >= 0.3 is 6.61 Å². The summed E-state index contributed by atoms with van der Waals surface area (Å²) in [6.07, 6.45) is 0. The first-order valence-electron chi connectivity index (χ1n) is 7.70. The van der Waals surface area contributed by atoms with Crippen molar-refractivity contribution < 1.29 is 23.0 Å². The number of alkyl halides is 2. The zero-order valence-corrected chi connectivity index (χ0v) is 14.0. The van der Waals surface area contributed by atoms with Crippen LogP contribution < -0.4 is 20.1 Å². The zero-order valence-electron chi connectivity index (χ0n) is 14.0. The van der Waals surface area contributed by atoms with Gasteiger partial charge in [-0.3, -0.25) is 4.79 Å². The molecule has 0 bridgehead atoms. The maximum absolute atomic E-state index is 12.1. The Kier molecular flexibility index (Phi) is 6.71. The van der Waals surface area contributed by atoms with Crippen molar-refractivity contribution in [2.75, 3.05) is 19.0 Å². The number of carbonyl (C=O) groups is 1. The molecule has 0 aliphatic rings. The lowest BCUT2D eigenvalue weighted by Gasteiger charge is -2.17. The van der Waals surface area contributed by atoms with Crippen LogP contribution in [0.3, 0.4) is 0 Å². The topological polar surface area (TPSA) is 59.6 Å². The van der Waals surface area contributed by atoms with Crippen molar-refractivity contribution in [2.45, 2.75) is 19.6 Å². The Bertz CT molecular complexity index is 693. The van der Waals surface area contributed by atoms with Gasteiger partial charge in [-0.2, -0.15) is 8.78 Å². The molecule has 1 amide bonds. The minimum absolute atomic E-state index is 0.0379. The fourth-order valence-electron chi connectivity index (χ4n) is 2.30. The number of carbonyl (C=O) groups excluding carboxylic acids is 1. The highest BCUT2D eigenvalue weighted by molar-refractivity contribution is 5.92. The summed E-state index contributed by atoms with van der Waals surface area (Å²) in [7, 11) is 1.60. The Morgan fingerprint density at radius 3 is 2.44 bits per heavy atom. The lowest BCUT2D eigenvalue weighted by atomic mass is 10.1. The van der Waals surface area contributed by atoms with Crippen molar-refractivity contribution in [3.8, 4) is 11.5 Å². The van der Waals surface area contributed by atoms with E-state index >= 15 is 0 Å². The molecule has 7 heteroatoms. The molecule has 2 N–H and O–H groups in total. The molecule has 2 aromatic rings. The first kappa shape index (κ1) is 18.7. The summed E-state index contributed by atoms with van der Waals surface area (Å²) in [5.41, 5.74) is 1.45. The van der Waals surface area contributed by atoms with E-state index in [1.165, 1.54) is 24.3 Å². The lowest BCUT2D eigenvalue weighted by Crippen LogP contribution is -2.30. The van der Waals surface area contributed by atoms with Crippen molar-refractivity contribution >= 4 is 11.6 Å². The highest BCUT2D eigenvalue weighted by Crippen LogP contribution is 2.24. The highest BCUT2D eigenvalue weighted by Gasteiger charge is 2.12. The van der Waals surface area contributed by atoms with E-state index in [0.717, 1.165) is 11.3 Å². The molecule has 0 unspecified atom stereocenters. The van der Waals surface area contributed by atoms with Gasteiger partial charge in [0.15, 0.2) is 0 Å². The van der Waals surface area contributed by atoms with Crippen LogP contribution in [-0.2, 0) is 4.79 Å². The van der Waals surface area contributed by atoms with Gasteiger partial charge in [-0.05, 0) is 37.3 Å². The SMILES string of the molecule is COc1ccccc1[C@@H](C)NCC(=O)Nc1ccc(OC(F)F)cc1. The first-order valence-corrected chi connectivity index (χ1v) is 7.70. The fourth-order valence-corrected chi connectivity index (χ4v) is 2.30. The Hall–Kier alpha value is -2.67. The second kappa shape index (κ2) is 8.98. The van der Waals surface area contributed by atoms with Gasteiger partial charge < -0.3 is 20.1 Å². The molecule has 2 rings (SSSR count). The van der Waals surface area contributed by atoms with E-state index in [1.54, 1.807) is 7.11 Å². The van der Waals surface area contributed by atoms with Crippen LogP contribution in [0, 0.1) is 0 Å². The van der Waals surface area contributed by atoms with Gasteiger partial charge in [0.2, 0.25) is 5.91 Å². The Morgan fingerprint density at radius 2 is 1.80 bits per heavy atom. The Morgan fingerprint density at radius 1 is 1.12 bits per heavy atom. The van der Waals surface area contributed by atoms with Crippen molar-refractivity contribution in [3.05, 3.63) is 54.1 Å². The second-order valence-corrected chi connectivity index (χ2v) is 5.30. The number of halogens is 2. The van der Waals surface area contributed by atoms with E-state index in [1.807, 2.05) is 31.2 Å². The van der Waals surface area contributed by atoms with Crippen molar-refractivity contribution in [2.24, 2.45) is 0 Å². The van der Waals surface area contributed by atoms with Gasteiger partial charge in [-0.15, -0.1) is 0 Å². The number of anilines is 1. The lowest BCUT2D eigenvalue weighted by molar-refractivity contribution is -0.115. The number of methoxy groups -OCH3 is 1. The smallest absolute Gasteiger partial charge is 0.387 e. The molecule has 1 atom stereocenters. The van der Waals surface area contributed by atoms with E-state index in [-0.39, 0.29) is 24.2 Å². The van der Waals surface area contributed by atoms with Gasteiger partial charge in [0.05, 0.1) is 13.7 Å². The van der Waals surface area contributed by atoms with E-state index in [4.69, 9.17) is 4.74 Å². The minimum atomic E-state index is -2.87. The third kappa shape index (κ3) is 5.72. The molecule has 25 heavy (non-hydrogen) atoms. The monoisotopic (exact) mass is 350 g/mol. The van der Waals surface area contributed by atoms with Gasteiger partial charge in [-0.25, -0.2) is 0 Å². The second-order valence-electron chi connectivity index (χ2n) is 5.30. The molecule has 2 aromatic carbocycles. The molecular formula is C18H20F2N2O3. The van der Waals surface area contributed by atoms with Crippen LogP contribution in [0.25, 0.3) is 0 Å². The van der Waals surface area contributed by atoms with Crippen molar-refractivity contribution in [1.82, 2.24) is 5.32 Å². The third-order valence-corrected chi connectivity index (χ3v) is 3.54. The van der Waals surface area contributed by atoms with E-state index < -0.39 is 6.61 Å². The molecule has 0 spiro atoms. The van der Waals surface area contributed by atoms with E-state index in [0.29, 0.717) is 5.69 Å². The van der Waals surface area contributed by atoms with Crippen molar-refractivity contribution in [3.63, 3.8) is 0 Å². The average Bonchev–Trinajstić information content (AvgIpc) is 2.61. The Balaban J connectivity index is 1.86. The van der Waals surface area contributed by atoms with Crippen LogP contribution in [-0.4, -0.2) is 26.2 Å². The number of rotatable bonds is 8. The molecular weight excluding hydrogens is 330 g/mol. The molecule has 0 saturated heterocycles. The first-order chi connectivity index (χ1) is 12.0. The summed E-state index contributed by atoms with van der Waals surface area (Å²) in [4.78, 5) is 12.0. The summed E-state index contributed by atoms with van der Waals surface area (Å²) >= 11 is 0. The molecule has 0 aliphatic heterocycles. The molecule has 0 radical (unpaired) electrons. The number of ether oxygens (including phenoxy) is 2. The van der Waals surface area contributed by atoms with Gasteiger partial charge in [-0.1, -0.05) is 18.2 Å². The number of amides is 1. The molecule has 5 nitrogen and oxygen atoms in total. The summed E-state index contributed by atoms with van der Waals surface area (Å²) in [6, 6.07) is 13.2. The van der Waals surface area contributed by atoms with Crippen LogP contribution in [0.2, 0.25) is 0 Å². The highest BCUT2D eigenvalue weighted by atomic mass is 19.3. The zero-order chi connectivity index (χ0) is 18.2. The fraction of sp³-hybridized carbons (Fsp3) is 0.278. The standard InChI is InChI=1S/C18H20F2N2O3/c1-12(15-5-3-4-6-16(15)24-2)21-11-17(23)22-13-7-9-14(10-8-13)25-18(19)20/h3-10,12,18,21H,11H2,1-2H3,(H,22,23)/t12-/m1/s1. The number of benzene rings is 2.